The molecule has 2 aliphatic rings. The molecule has 2 unspecified atom stereocenters. The average Bonchev–Trinajstić information content (AvgIpc) is 2.55. The maximum Gasteiger partial charge on any atom is 0.195 e. The lowest BCUT2D eigenvalue weighted by molar-refractivity contribution is 0.420. The quantitative estimate of drug-likeness (QED) is 0.605. The second-order valence-electron chi connectivity index (χ2n) is 4.21. The number of fused-ring (bicyclic) bond motifs is 3. The predicted molar refractivity (Wildman–Crippen MR) is 57.0 cm³/mol. The van der Waals surface area contributed by atoms with E-state index in [4.69, 9.17) is 0 Å². The summed E-state index contributed by atoms with van der Waals surface area (Å²) in [5.41, 5.74) is 1.76. The highest BCUT2D eigenvalue weighted by molar-refractivity contribution is 5.50. The van der Waals surface area contributed by atoms with E-state index >= 15 is 0 Å². The zero-order valence-corrected chi connectivity index (χ0v) is 8.27. The molecule has 0 spiro atoms. The van der Waals surface area contributed by atoms with E-state index in [9.17, 15) is 10.2 Å². The van der Waals surface area contributed by atoms with Gasteiger partial charge in [0.1, 0.15) is 0 Å². The number of hydrogen-bond donors (Lipinski definition) is 3. The number of allylic oxidation sites excluding steroid dienone is 4. The van der Waals surface area contributed by atoms with Crippen LogP contribution in [0.3, 0.4) is 0 Å². The van der Waals surface area contributed by atoms with Gasteiger partial charge in [-0.05, 0) is 18.8 Å². The topological polar surface area (TPSA) is 56.2 Å². The van der Waals surface area contributed by atoms with E-state index in [1.165, 1.54) is 0 Å². The van der Waals surface area contributed by atoms with Crippen LogP contribution in [0.1, 0.15) is 23.5 Å². The number of aromatic hydroxyl groups is 2. The van der Waals surface area contributed by atoms with Crippen LogP contribution in [0.15, 0.2) is 24.3 Å². The van der Waals surface area contributed by atoms with Crippen molar-refractivity contribution in [3.05, 3.63) is 35.4 Å². The van der Waals surface area contributed by atoms with Crippen molar-refractivity contribution in [3.8, 4) is 11.8 Å². The van der Waals surface area contributed by atoms with Crippen molar-refractivity contribution in [1.82, 2.24) is 4.98 Å². The lowest BCUT2D eigenvalue weighted by atomic mass is 9.74. The van der Waals surface area contributed by atoms with Crippen molar-refractivity contribution >= 4 is 0 Å². The molecule has 3 heteroatoms. The largest absolute Gasteiger partial charge is 0.494 e. The van der Waals surface area contributed by atoms with Crippen LogP contribution in [0.25, 0.3) is 0 Å². The SMILES string of the molecule is Oc1[nH]c(O)c2c1CCC1C=CC=CC21. The van der Waals surface area contributed by atoms with E-state index in [0.29, 0.717) is 5.92 Å². The standard InChI is InChI=1S/C12H13NO2/c14-11-9-6-5-7-3-1-2-4-8(7)10(9)12(15)13-11/h1-4,7-8,13-15H,5-6H2. The summed E-state index contributed by atoms with van der Waals surface area (Å²) in [6.45, 7) is 0. The fourth-order valence-electron chi connectivity index (χ4n) is 2.69. The number of H-pyrrole nitrogens is 1. The summed E-state index contributed by atoms with van der Waals surface area (Å²) < 4.78 is 0. The third kappa shape index (κ3) is 1.12. The minimum Gasteiger partial charge on any atom is -0.494 e. The highest BCUT2D eigenvalue weighted by Gasteiger charge is 2.33. The number of hydrogen-bond acceptors (Lipinski definition) is 2. The third-order valence-electron chi connectivity index (χ3n) is 3.41. The summed E-state index contributed by atoms with van der Waals surface area (Å²) in [6.07, 6.45) is 10.2. The monoisotopic (exact) mass is 203 g/mol. The highest BCUT2D eigenvalue weighted by atomic mass is 16.3. The third-order valence-corrected chi connectivity index (χ3v) is 3.41. The fourth-order valence-corrected chi connectivity index (χ4v) is 2.69. The van der Waals surface area contributed by atoms with E-state index < -0.39 is 0 Å². The molecule has 0 saturated carbocycles. The van der Waals surface area contributed by atoms with Crippen LogP contribution in [0.2, 0.25) is 0 Å². The summed E-state index contributed by atoms with van der Waals surface area (Å²) in [4.78, 5) is 2.60. The molecule has 0 aliphatic heterocycles. The summed E-state index contributed by atoms with van der Waals surface area (Å²) in [6, 6.07) is 0. The summed E-state index contributed by atoms with van der Waals surface area (Å²) in [7, 11) is 0. The van der Waals surface area contributed by atoms with Crippen LogP contribution >= 0.6 is 0 Å². The molecule has 78 valence electrons. The van der Waals surface area contributed by atoms with Crippen molar-refractivity contribution in [2.75, 3.05) is 0 Å². The van der Waals surface area contributed by atoms with Gasteiger partial charge in [-0.3, -0.25) is 4.98 Å². The van der Waals surface area contributed by atoms with E-state index in [1.54, 1.807) is 0 Å². The van der Waals surface area contributed by atoms with E-state index in [0.717, 1.165) is 24.0 Å². The molecule has 0 aromatic carbocycles. The van der Waals surface area contributed by atoms with Crippen LogP contribution < -0.4 is 0 Å². The second-order valence-corrected chi connectivity index (χ2v) is 4.21. The van der Waals surface area contributed by atoms with Crippen LogP contribution in [0.5, 0.6) is 11.8 Å². The predicted octanol–water partition coefficient (Wildman–Crippen LogP) is 2.20. The van der Waals surface area contributed by atoms with E-state index in [2.05, 4.69) is 23.2 Å². The molecule has 0 bridgehead atoms. The molecule has 0 saturated heterocycles. The molecular formula is C12H13NO2. The van der Waals surface area contributed by atoms with Crippen molar-refractivity contribution in [2.45, 2.75) is 18.8 Å². The molecule has 0 fully saturated rings. The summed E-state index contributed by atoms with van der Waals surface area (Å²) in [5, 5.41) is 19.4. The van der Waals surface area contributed by atoms with Crippen LogP contribution in [-0.2, 0) is 6.42 Å². The Morgan fingerprint density at radius 3 is 2.80 bits per heavy atom. The number of nitrogens with one attached hydrogen (secondary N) is 1. The Bertz CT molecular complexity index is 456. The molecular weight excluding hydrogens is 190 g/mol. The Morgan fingerprint density at radius 1 is 1.13 bits per heavy atom. The van der Waals surface area contributed by atoms with Crippen molar-refractivity contribution in [1.29, 1.82) is 0 Å². The van der Waals surface area contributed by atoms with Crippen molar-refractivity contribution in [3.63, 3.8) is 0 Å². The highest BCUT2D eigenvalue weighted by Crippen LogP contribution is 2.46. The molecule has 0 radical (unpaired) electrons. The first-order valence-corrected chi connectivity index (χ1v) is 5.25. The first kappa shape index (κ1) is 8.65. The van der Waals surface area contributed by atoms with Gasteiger partial charge in [0.25, 0.3) is 0 Å². The molecule has 3 rings (SSSR count). The Morgan fingerprint density at radius 2 is 1.93 bits per heavy atom. The number of aromatic nitrogens is 1. The lowest BCUT2D eigenvalue weighted by Crippen LogP contribution is -2.17. The second kappa shape index (κ2) is 2.92. The molecule has 1 aromatic heterocycles. The van der Waals surface area contributed by atoms with Gasteiger partial charge in [0.15, 0.2) is 11.8 Å². The number of aromatic amines is 1. The van der Waals surface area contributed by atoms with Gasteiger partial charge in [0.05, 0.1) is 0 Å². The van der Waals surface area contributed by atoms with Crippen LogP contribution in [0, 0.1) is 5.92 Å². The maximum absolute atomic E-state index is 9.74. The zero-order valence-electron chi connectivity index (χ0n) is 8.27. The summed E-state index contributed by atoms with van der Waals surface area (Å²) in [5.74, 6) is 0.931. The first-order valence-electron chi connectivity index (χ1n) is 5.25. The molecule has 1 aromatic rings. The first-order chi connectivity index (χ1) is 7.27. The number of rotatable bonds is 0. The summed E-state index contributed by atoms with van der Waals surface area (Å²) >= 11 is 0. The van der Waals surface area contributed by atoms with Gasteiger partial charge in [-0.1, -0.05) is 24.3 Å². The van der Waals surface area contributed by atoms with E-state index in [-0.39, 0.29) is 17.7 Å². The van der Waals surface area contributed by atoms with Crippen LogP contribution in [0.4, 0.5) is 0 Å². The molecule has 2 atom stereocenters. The molecule has 0 amide bonds. The Kier molecular flexibility index (Phi) is 1.69. The van der Waals surface area contributed by atoms with Gasteiger partial charge < -0.3 is 10.2 Å². The Hall–Kier alpha value is -1.64. The maximum atomic E-state index is 9.74. The van der Waals surface area contributed by atoms with Crippen LogP contribution in [-0.4, -0.2) is 15.2 Å². The Balaban J connectivity index is 2.15. The minimum absolute atomic E-state index is 0.122. The lowest BCUT2D eigenvalue weighted by Gasteiger charge is -2.29. The van der Waals surface area contributed by atoms with Crippen molar-refractivity contribution < 1.29 is 10.2 Å². The normalized spacial score (nSPS) is 27.5. The Labute approximate surface area is 87.8 Å². The molecule has 1 heterocycles. The molecule has 3 nitrogen and oxygen atoms in total. The van der Waals surface area contributed by atoms with Gasteiger partial charge in [0.2, 0.25) is 0 Å². The molecule has 2 aliphatic carbocycles. The molecule has 3 N–H and O–H groups in total. The van der Waals surface area contributed by atoms with Gasteiger partial charge in [-0.15, -0.1) is 0 Å². The van der Waals surface area contributed by atoms with E-state index in [1.807, 2.05) is 6.08 Å². The van der Waals surface area contributed by atoms with Gasteiger partial charge in [-0.2, -0.15) is 0 Å². The fraction of sp³-hybridized carbons (Fsp3) is 0.333. The average molecular weight is 203 g/mol. The van der Waals surface area contributed by atoms with Gasteiger partial charge in [-0.25, -0.2) is 0 Å². The zero-order chi connectivity index (χ0) is 10.4. The van der Waals surface area contributed by atoms with Gasteiger partial charge >= 0.3 is 0 Å². The van der Waals surface area contributed by atoms with Crippen molar-refractivity contribution in [2.24, 2.45) is 5.92 Å². The van der Waals surface area contributed by atoms with Gasteiger partial charge in [0, 0.05) is 17.0 Å². The smallest absolute Gasteiger partial charge is 0.195 e. The molecule has 15 heavy (non-hydrogen) atoms. The minimum atomic E-state index is 0.122.